The predicted molar refractivity (Wildman–Crippen MR) is 69.9 cm³/mol. The normalized spacial score (nSPS) is 12.1. The molecule has 0 heterocycles. The van der Waals surface area contributed by atoms with E-state index < -0.39 is 16.1 Å². The number of carbonyl (C=O) groups is 1. The van der Waals surface area contributed by atoms with Crippen LogP contribution < -0.4 is 0 Å². The molecule has 98 valence electrons. The highest BCUT2D eigenvalue weighted by molar-refractivity contribution is 8.00. The number of unbranched alkanes of at least 4 members (excludes halogenated alkanes) is 1. The summed E-state index contributed by atoms with van der Waals surface area (Å²) in [5.41, 5.74) is -0.0368. The van der Waals surface area contributed by atoms with Crippen molar-refractivity contribution >= 4 is 23.4 Å². The zero-order chi connectivity index (χ0) is 13.5. The van der Waals surface area contributed by atoms with Crippen LogP contribution in [-0.2, 0) is 4.79 Å². The Morgan fingerprint density at radius 3 is 2.72 bits per heavy atom. The van der Waals surface area contributed by atoms with E-state index >= 15 is 0 Å². The van der Waals surface area contributed by atoms with Gasteiger partial charge < -0.3 is 5.11 Å². The van der Waals surface area contributed by atoms with Gasteiger partial charge in [0.15, 0.2) is 0 Å². The van der Waals surface area contributed by atoms with Crippen LogP contribution in [0.5, 0.6) is 0 Å². The van der Waals surface area contributed by atoms with Crippen molar-refractivity contribution in [1.82, 2.24) is 0 Å². The highest BCUT2D eigenvalue weighted by Crippen LogP contribution is 2.33. The number of hydrogen-bond acceptors (Lipinski definition) is 4. The molecule has 0 aliphatic heterocycles. The second kappa shape index (κ2) is 7.00. The van der Waals surface area contributed by atoms with Crippen LogP contribution in [-0.4, -0.2) is 21.2 Å². The second-order valence-corrected chi connectivity index (χ2v) is 5.06. The smallest absolute Gasteiger partial charge is 0.316 e. The van der Waals surface area contributed by atoms with Crippen LogP contribution >= 0.6 is 11.8 Å². The Bertz CT molecular complexity index is 436. The lowest BCUT2D eigenvalue weighted by atomic mass is 10.2. The number of carboxylic acid groups (broad SMARTS) is 1. The van der Waals surface area contributed by atoms with Crippen molar-refractivity contribution in [3.05, 3.63) is 34.4 Å². The largest absolute Gasteiger partial charge is 0.480 e. The topological polar surface area (TPSA) is 80.4 Å². The highest BCUT2D eigenvalue weighted by Gasteiger charge is 2.22. The van der Waals surface area contributed by atoms with Crippen LogP contribution in [0.2, 0.25) is 0 Å². The monoisotopic (exact) mass is 269 g/mol. The van der Waals surface area contributed by atoms with E-state index in [1.165, 1.54) is 6.07 Å². The maximum absolute atomic E-state index is 11.1. The molecule has 0 aliphatic rings. The molecule has 0 aromatic heterocycles. The fourth-order valence-corrected chi connectivity index (χ4v) is 2.60. The van der Waals surface area contributed by atoms with Gasteiger partial charge in [0, 0.05) is 6.07 Å². The summed E-state index contributed by atoms with van der Waals surface area (Å²) in [6.07, 6.45) is 2.22. The standard InChI is InChI=1S/C12H15NO4S/c1-2-3-7-11(12(14)15)18-10-8-5-4-6-9(10)13(16)17/h4-6,8,11H,2-3,7H2,1H3,(H,14,15). The lowest BCUT2D eigenvalue weighted by Crippen LogP contribution is -2.16. The molecule has 18 heavy (non-hydrogen) atoms. The van der Waals surface area contributed by atoms with Crippen molar-refractivity contribution in [3.63, 3.8) is 0 Å². The summed E-state index contributed by atoms with van der Waals surface area (Å²) >= 11 is 1.05. The van der Waals surface area contributed by atoms with Crippen LogP contribution in [0.4, 0.5) is 5.69 Å². The first-order valence-corrected chi connectivity index (χ1v) is 6.57. The first kappa shape index (κ1) is 14.5. The molecule has 0 spiro atoms. The van der Waals surface area contributed by atoms with Gasteiger partial charge in [-0.3, -0.25) is 14.9 Å². The maximum atomic E-state index is 11.1. The van der Waals surface area contributed by atoms with Crippen molar-refractivity contribution in [2.24, 2.45) is 0 Å². The molecular formula is C12H15NO4S. The molecule has 1 aromatic rings. The molecule has 1 rings (SSSR count). The Morgan fingerprint density at radius 1 is 1.50 bits per heavy atom. The van der Waals surface area contributed by atoms with Gasteiger partial charge in [0.1, 0.15) is 5.25 Å². The first-order valence-electron chi connectivity index (χ1n) is 5.69. The van der Waals surface area contributed by atoms with Crippen molar-refractivity contribution < 1.29 is 14.8 Å². The lowest BCUT2D eigenvalue weighted by molar-refractivity contribution is -0.387. The number of nitro groups is 1. The summed E-state index contributed by atoms with van der Waals surface area (Å²) in [5.74, 6) is -0.924. The molecule has 0 saturated carbocycles. The van der Waals surface area contributed by atoms with Crippen molar-refractivity contribution in [3.8, 4) is 0 Å². The Labute approximate surface area is 109 Å². The van der Waals surface area contributed by atoms with E-state index in [1.54, 1.807) is 18.2 Å². The molecule has 0 fully saturated rings. The van der Waals surface area contributed by atoms with E-state index in [1.807, 2.05) is 6.92 Å². The lowest BCUT2D eigenvalue weighted by Gasteiger charge is -2.11. The zero-order valence-electron chi connectivity index (χ0n) is 10.0. The van der Waals surface area contributed by atoms with Crippen LogP contribution in [0.25, 0.3) is 0 Å². The number of thioether (sulfide) groups is 1. The van der Waals surface area contributed by atoms with Gasteiger partial charge in [0.05, 0.1) is 9.82 Å². The summed E-state index contributed by atoms with van der Waals surface area (Å²) in [5, 5.41) is 19.3. The van der Waals surface area contributed by atoms with Crippen molar-refractivity contribution in [2.75, 3.05) is 0 Å². The van der Waals surface area contributed by atoms with E-state index in [2.05, 4.69) is 0 Å². The molecule has 0 radical (unpaired) electrons. The summed E-state index contributed by atoms with van der Waals surface area (Å²) in [7, 11) is 0. The van der Waals surface area contributed by atoms with Gasteiger partial charge >= 0.3 is 5.97 Å². The average molecular weight is 269 g/mol. The van der Waals surface area contributed by atoms with Gasteiger partial charge in [0.2, 0.25) is 0 Å². The third-order valence-corrected chi connectivity index (χ3v) is 3.75. The summed E-state index contributed by atoms with van der Waals surface area (Å²) < 4.78 is 0. The number of aliphatic carboxylic acids is 1. The number of benzene rings is 1. The molecule has 1 N–H and O–H groups in total. The fourth-order valence-electron chi connectivity index (χ4n) is 1.48. The van der Waals surface area contributed by atoms with E-state index in [0.29, 0.717) is 11.3 Å². The second-order valence-electron chi connectivity index (χ2n) is 3.81. The number of nitro benzene ring substituents is 1. The van der Waals surface area contributed by atoms with E-state index in [-0.39, 0.29) is 5.69 Å². The Morgan fingerprint density at radius 2 is 2.17 bits per heavy atom. The van der Waals surface area contributed by atoms with Crippen LogP contribution in [0, 0.1) is 10.1 Å². The Kier molecular flexibility index (Phi) is 5.64. The maximum Gasteiger partial charge on any atom is 0.316 e. The summed E-state index contributed by atoms with van der Waals surface area (Å²) in [6, 6.07) is 6.23. The first-order chi connectivity index (χ1) is 8.56. The Hall–Kier alpha value is -1.56. The molecule has 0 amide bonds. The Balaban J connectivity index is 2.86. The van der Waals surface area contributed by atoms with Gasteiger partial charge in [-0.1, -0.05) is 31.9 Å². The summed E-state index contributed by atoms with van der Waals surface area (Å²) in [6.45, 7) is 1.98. The average Bonchev–Trinajstić information content (AvgIpc) is 2.34. The SMILES string of the molecule is CCCCC(Sc1ccccc1[N+](=O)[O-])C(=O)O. The minimum Gasteiger partial charge on any atom is -0.480 e. The molecule has 0 saturated heterocycles. The quantitative estimate of drug-likeness (QED) is 0.466. The minimum atomic E-state index is -0.924. The van der Waals surface area contributed by atoms with Gasteiger partial charge in [0.25, 0.3) is 5.69 Å². The van der Waals surface area contributed by atoms with E-state index in [4.69, 9.17) is 5.11 Å². The van der Waals surface area contributed by atoms with Gasteiger partial charge in [-0.25, -0.2) is 0 Å². The molecule has 6 heteroatoms. The highest BCUT2D eigenvalue weighted by atomic mass is 32.2. The van der Waals surface area contributed by atoms with Crippen molar-refractivity contribution in [2.45, 2.75) is 36.3 Å². The molecule has 1 atom stereocenters. The third-order valence-electron chi connectivity index (χ3n) is 2.43. The van der Waals surface area contributed by atoms with Gasteiger partial charge in [-0.15, -0.1) is 11.8 Å². The zero-order valence-corrected chi connectivity index (χ0v) is 10.9. The molecule has 1 aromatic carbocycles. The number of para-hydroxylation sites is 1. The number of carboxylic acids is 1. The molecule has 0 aliphatic carbocycles. The molecule has 0 bridgehead atoms. The van der Waals surface area contributed by atoms with Crippen LogP contribution in [0.1, 0.15) is 26.2 Å². The molecule has 1 unspecified atom stereocenters. The van der Waals surface area contributed by atoms with E-state index in [9.17, 15) is 14.9 Å². The number of hydrogen-bond donors (Lipinski definition) is 1. The summed E-state index contributed by atoms with van der Waals surface area (Å²) in [4.78, 5) is 21.9. The van der Waals surface area contributed by atoms with Crippen LogP contribution in [0.3, 0.4) is 0 Å². The third kappa shape index (κ3) is 4.03. The van der Waals surface area contributed by atoms with Gasteiger partial charge in [-0.2, -0.15) is 0 Å². The molecule has 5 nitrogen and oxygen atoms in total. The fraction of sp³-hybridized carbons (Fsp3) is 0.417. The van der Waals surface area contributed by atoms with Crippen molar-refractivity contribution in [1.29, 1.82) is 0 Å². The number of nitrogens with zero attached hydrogens (tertiary/aromatic N) is 1. The van der Waals surface area contributed by atoms with Gasteiger partial charge in [-0.05, 0) is 12.5 Å². The van der Waals surface area contributed by atoms with E-state index in [0.717, 1.165) is 24.6 Å². The number of rotatable bonds is 7. The van der Waals surface area contributed by atoms with Crippen LogP contribution in [0.15, 0.2) is 29.2 Å². The minimum absolute atomic E-state index is 0.0368. The molecular weight excluding hydrogens is 254 g/mol. The predicted octanol–water partition coefficient (Wildman–Crippen LogP) is 3.33.